The second kappa shape index (κ2) is 8.66. The Morgan fingerprint density at radius 3 is 1.90 bits per heavy atom. The van der Waals surface area contributed by atoms with Crippen molar-refractivity contribution in [2.45, 2.75) is 72.1 Å². The van der Waals surface area contributed by atoms with E-state index in [-0.39, 0.29) is 17.5 Å². The van der Waals surface area contributed by atoms with Crippen LogP contribution in [0.4, 0.5) is 0 Å². The number of aromatic nitrogens is 6. The van der Waals surface area contributed by atoms with Gasteiger partial charge in [0.05, 0.1) is 41.4 Å². The minimum Gasteiger partial charge on any atom is -0.481 e. The number of rotatable bonds is 8. The summed E-state index contributed by atoms with van der Waals surface area (Å²) in [5.74, 6) is -0.867. The summed E-state index contributed by atoms with van der Waals surface area (Å²) in [6.07, 6.45) is 5.48. The van der Waals surface area contributed by atoms with Crippen molar-refractivity contribution in [2.24, 2.45) is 5.10 Å². The number of hydrogen-bond donors (Lipinski definition) is 1. The zero-order chi connectivity index (χ0) is 22.8. The Kier molecular flexibility index (Phi) is 6.35. The topological polar surface area (TPSA) is 117 Å². The standard InChI is InChI=1S/C20H31N9O2/c1-19(2,3)28-13-15(21-24-28)9-26(10-16-14-29(25-22-16)20(4,5)6)11-17-12-27(23-17)8-7-18(30)31/h8,13-14H,7,9-12H2,1-6H3/p+1. The van der Waals surface area contributed by atoms with E-state index in [2.05, 4.69) is 72.2 Å². The summed E-state index contributed by atoms with van der Waals surface area (Å²) >= 11 is 0. The Bertz CT molecular complexity index is 935. The SMILES string of the molecule is CC(C)(C)n1cc(CN(CC2=N[N+](=CCC(=O)O)C2)Cc2cn(C(C)(C)C)nn2)nn1. The van der Waals surface area contributed by atoms with Gasteiger partial charge in [0.1, 0.15) is 6.42 Å². The van der Waals surface area contributed by atoms with Crippen LogP contribution < -0.4 is 0 Å². The Morgan fingerprint density at radius 2 is 1.52 bits per heavy atom. The fraction of sp³-hybridized carbons (Fsp3) is 0.650. The summed E-state index contributed by atoms with van der Waals surface area (Å²) in [5, 5.41) is 30.4. The average Bonchev–Trinajstić information content (AvgIpc) is 3.25. The highest BCUT2D eigenvalue weighted by atomic mass is 16.4. The first-order valence-corrected chi connectivity index (χ1v) is 10.3. The van der Waals surface area contributed by atoms with Gasteiger partial charge in [-0.15, -0.1) is 10.2 Å². The highest BCUT2D eigenvalue weighted by Gasteiger charge is 2.27. The molecule has 0 amide bonds. The molecular weight excluding hydrogens is 398 g/mol. The normalized spacial score (nSPS) is 16.0. The third-order valence-corrected chi connectivity index (χ3v) is 4.72. The monoisotopic (exact) mass is 430 g/mol. The fourth-order valence-electron chi connectivity index (χ4n) is 3.01. The molecule has 0 aliphatic carbocycles. The predicted molar refractivity (Wildman–Crippen MR) is 115 cm³/mol. The van der Waals surface area contributed by atoms with Crippen LogP contribution in [0.2, 0.25) is 0 Å². The molecule has 3 heterocycles. The van der Waals surface area contributed by atoms with E-state index >= 15 is 0 Å². The van der Waals surface area contributed by atoms with Gasteiger partial charge >= 0.3 is 5.97 Å². The molecule has 0 fully saturated rings. The van der Waals surface area contributed by atoms with E-state index in [0.717, 1.165) is 17.1 Å². The first-order valence-electron chi connectivity index (χ1n) is 10.3. The molecule has 0 aromatic carbocycles. The maximum Gasteiger partial charge on any atom is 0.313 e. The highest BCUT2D eigenvalue weighted by Crippen LogP contribution is 2.16. The number of aliphatic carboxylic acids is 1. The fourth-order valence-corrected chi connectivity index (χ4v) is 3.01. The Morgan fingerprint density at radius 1 is 1.03 bits per heavy atom. The lowest BCUT2D eigenvalue weighted by Crippen LogP contribution is -2.39. The van der Waals surface area contributed by atoms with Crippen molar-refractivity contribution in [3.8, 4) is 0 Å². The van der Waals surface area contributed by atoms with Crippen molar-refractivity contribution in [1.29, 1.82) is 0 Å². The summed E-state index contributed by atoms with van der Waals surface area (Å²) in [7, 11) is 0. The predicted octanol–water partition coefficient (Wildman–Crippen LogP) is 1.31. The molecule has 0 bridgehead atoms. The number of hydrogen-bond acceptors (Lipinski definition) is 7. The molecule has 1 N–H and O–H groups in total. The van der Waals surface area contributed by atoms with Gasteiger partial charge in [0.15, 0.2) is 11.9 Å². The molecule has 31 heavy (non-hydrogen) atoms. The van der Waals surface area contributed by atoms with Gasteiger partial charge in [-0.1, -0.05) is 15.1 Å². The van der Waals surface area contributed by atoms with E-state index in [1.165, 1.54) is 0 Å². The molecule has 0 saturated heterocycles. The zero-order valence-corrected chi connectivity index (χ0v) is 19.1. The molecule has 1 aliphatic heterocycles. The van der Waals surface area contributed by atoms with E-state index in [9.17, 15) is 4.79 Å². The molecule has 2 aromatic heterocycles. The quantitative estimate of drug-likeness (QED) is 0.628. The molecular formula is C20H32N9O2+. The third kappa shape index (κ3) is 6.27. The maximum absolute atomic E-state index is 10.7. The second-order valence-corrected chi connectivity index (χ2v) is 9.84. The maximum atomic E-state index is 10.7. The Labute approximate surface area is 182 Å². The molecule has 0 saturated carbocycles. The van der Waals surface area contributed by atoms with Crippen LogP contribution in [0.3, 0.4) is 0 Å². The number of carbonyl (C=O) groups is 1. The highest BCUT2D eigenvalue weighted by molar-refractivity contribution is 5.90. The van der Waals surface area contributed by atoms with Crippen molar-refractivity contribution in [3.05, 3.63) is 23.8 Å². The summed E-state index contributed by atoms with van der Waals surface area (Å²) in [6, 6.07) is 0. The van der Waals surface area contributed by atoms with Gasteiger partial charge in [0.25, 0.3) is 0 Å². The molecule has 0 radical (unpaired) electrons. The van der Waals surface area contributed by atoms with Crippen molar-refractivity contribution >= 4 is 17.9 Å². The first-order chi connectivity index (χ1) is 14.4. The Balaban J connectivity index is 1.73. The van der Waals surface area contributed by atoms with E-state index in [1.807, 2.05) is 21.8 Å². The smallest absolute Gasteiger partial charge is 0.313 e. The minimum absolute atomic E-state index is 0.0354. The van der Waals surface area contributed by atoms with Crippen molar-refractivity contribution in [2.75, 3.05) is 13.1 Å². The lowest BCUT2D eigenvalue weighted by molar-refractivity contribution is -0.539. The molecule has 0 atom stereocenters. The van der Waals surface area contributed by atoms with Gasteiger partial charge < -0.3 is 5.11 Å². The van der Waals surface area contributed by atoms with Crippen LogP contribution in [-0.2, 0) is 29.0 Å². The van der Waals surface area contributed by atoms with Gasteiger partial charge in [0, 0.05) is 13.1 Å². The van der Waals surface area contributed by atoms with Gasteiger partial charge in [0.2, 0.25) is 6.54 Å². The van der Waals surface area contributed by atoms with Crippen molar-refractivity contribution in [3.63, 3.8) is 0 Å². The summed E-state index contributed by atoms with van der Waals surface area (Å²) in [5.41, 5.74) is 2.45. The van der Waals surface area contributed by atoms with Crippen LogP contribution in [0.1, 0.15) is 59.4 Å². The van der Waals surface area contributed by atoms with Crippen LogP contribution in [0, 0.1) is 0 Å². The Hall–Kier alpha value is -2.95. The molecule has 2 aromatic rings. The van der Waals surface area contributed by atoms with Gasteiger partial charge in [-0.3, -0.25) is 9.69 Å². The zero-order valence-electron chi connectivity index (χ0n) is 19.1. The summed E-state index contributed by atoms with van der Waals surface area (Å²) in [4.78, 5) is 12.9. The number of carboxylic acids is 1. The van der Waals surface area contributed by atoms with Crippen LogP contribution in [0.25, 0.3) is 0 Å². The van der Waals surface area contributed by atoms with Crippen LogP contribution in [-0.4, -0.2) is 75.7 Å². The number of nitrogens with zero attached hydrogens (tertiary/aromatic N) is 9. The van der Waals surface area contributed by atoms with Crippen molar-refractivity contribution in [1.82, 2.24) is 34.9 Å². The average molecular weight is 431 g/mol. The molecule has 11 heteroatoms. The third-order valence-electron chi connectivity index (χ3n) is 4.72. The van der Waals surface area contributed by atoms with E-state index < -0.39 is 5.97 Å². The second-order valence-electron chi connectivity index (χ2n) is 9.84. The summed E-state index contributed by atoms with van der Waals surface area (Å²) in [6.45, 7) is 14.9. The molecule has 1 aliphatic rings. The van der Waals surface area contributed by atoms with E-state index in [4.69, 9.17) is 5.11 Å². The van der Waals surface area contributed by atoms with E-state index in [1.54, 1.807) is 10.9 Å². The molecule has 11 nitrogen and oxygen atoms in total. The molecule has 168 valence electrons. The minimum atomic E-state index is -0.867. The lowest BCUT2D eigenvalue weighted by Gasteiger charge is -2.22. The molecule has 0 spiro atoms. The van der Waals surface area contributed by atoms with E-state index in [0.29, 0.717) is 26.2 Å². The summed E-state index contributed by atoms with van der Waals surface area (Å²) < 4.78 is 5.38. The van der Waals surface area contributed by atoms with Gasteiger partial charge in [-0.25, -0.2) is 9.36 Å². The number of carboxylic acid groups (broad SMARTS) is 1. The van der Waals surface area contributed by atoms with Crippen molar-refractivity contribution < 1.29 is 14.6 Å². The molecule has 3 rings (SSSR count). The van der Waals surface area contributed by atoms with Gasteiger partial charge in [-0.2, -0.15) is 0 Å². The van der Waals surface area contributed by atoms with Crippen LogP contribution in [0.15, 0.2) is 17.5 Å². The lowest BCUT2D eigenvalue weighted by atomic mass is 10.1. The first kappa shape index (κ1) is 22.7. The number of hydrazone groups is 1. The van der Waals surface area contributed by atoms with Crippen LogP contribution in [0.5, 0.6) is 0 Å². The van der Waals surface area contributed by atoms with Crippen LogP contribution >= 0.6 is 0 Å². The van der Waals surface area contributed by atoms with Gasteiger partial charge in [-0.05, 0) is 46.6 Å². The molecule has 0 unspecified atom stereocenters. The largest absolute Gasteiger partial charge is 0.481 e.